The molecule has 2 aromatic carbocycles. The Morgan fingerprint density at radius 1 is 1.12 bits per heavy atom. The zero-order valence-corrected chi connectivity index (χ0v) is 20.2. The third-order valence-electron chi connectivity index (χ3n) is 4.77. The van der Waals surface area contributed by atoms with E-state index in [1.54, 1.807) is 7.11 Å². The van der Waals surface area contributed by atoms with E-state index in [4.69, 9.17) is 4.74 Å². The number of nitrogens with one attached hydrogen (secondary N) is 2. The van der Waals surface area contributed by atoms with Crippen LogP contribution < -0.4 is 15.4 Å². The van der Waals surface area contributed by atoms with Crippen molar-refractivity contribution in [2.45, 2.75) is 10.9 Å². The molecule has 1 fully saturated rings. The molecule has 1 amide bonds. The molecule has 0 unspecified atom stereocenters. The van der Waals surface area contributed by atoms with Gasteiger partial charge in [-0.3, -0.25) is 9.69 Å². The van der Waals surface area contributed by atoms with E-state index in [2.05, 4.69) is 37.9 Å². The van der Waals surface area contributed by atoms with Crippen LogP contribution in [-0.2, 0) is 11.3 Å². The molecule has 2 N–H and O–H groups in total. The minimum absolute atomic E-state index is 0.0565. The first-order valence-electron chi connectivity index (χ1n) is 10.2. The van der Waals surface area contributed by atoms with Crippen LogP contribution in [0.5, 0.6) is 5.75 Å². The lowest BCUT2D eigenvalue weighted by Crippen LogP contribution is -2.31. The van der Waals surface area contributed by atoms with Gasteiger partial charge in [-0.05, 0) is 29.8 Å². The Bertz CT molecular complexity index is 1040. The van der Waals surface area contributed by atoms with Crippen molar-refractivity contribution in [1.82, 2.24) is 15.1 Å². The molecule has 0 atom stereocenters. The van der Waals surface area contributed by atoms with Gasteiger partial charge < -0.3 is 15.4 Å². The Morgan fingerprint density at radius 2 is 1.94 bits per heavy atom. The molecule has 1 saturated heterocycles. The summed E-state index contributed by atoms with van der Waals surface area (Å²) in [4.78, 5) is 14.9. The van der Waals surface area contributed by atoms with Crippen molar-refractivity contribution in [3.05, 3.63) is 54.1 Å². The average molecular weight is 488 g/mol. The molecule has 2 heterocycles. The predicted molar refractivity (Wildman–Crippen MR) is 135 cm³/mol. The van der Waals surface area contributed by atoms with Crippen LogP contribution in [0.15, 0.2) is 52.9 Å². The van der Waals surface area contributed by atoms with Gasteiger partial charge in [0.1, 0.15) is 5.75 Å². The Hall–Kier alpha value is -2.27. The first kappa shape index (κ1) is 22.9. The molecule has 1 aliphatic rings. The fraction of sp³-hybridized carbons (Fsp3) is 0.318. The standard InChI is InChI=1S/C22H25N5O2S3/c1-29-19-7-3-6-18(13-19)24-21-25-26-22(32-21)31-15-20(28)23-17-5-2-4-16(12-17)14-27-8-10-30-11-9-27/h2-7,12-13H,8-11,14-15H2,1H3,(H,23,28)(H,24,25). The summed E-state index contributed by atoms with van der Waals surface area (Å²) >= 11 is 4.80. The van der Waals surface area contributed by atoms with Gasteiger partial charge in [0.25, 0.3) is 0 Å². The molecule has 0 saturated carbocycles. The SMILES string of the molecule is COc1cccc(Nc2nnc(SCC(=O)Nc3cccc(CN4CCSCC4)c3)s2)c1. The third-order valence-corrected chi connectivity index (χ3v) is 7.69. The fourth-order valence-electron chi connectivity index (χ4n) is 3.23. The van der Waals surface area contributed by atoms with Gasteiger partial charge >= 0.3 is 0 Å². The maximum atomic E-state index is 12.4. The lowest BCUT2D eigenvalue weighted by Gasteiger charge is -2.26. The minimum Gasteiger partial charge on any atom is -0.497 e. The van der Waals surface area contributed by atoms with E-state index in [-0.39, 0.29) is 11.7 Å². The quantitative estimate of drug-likeness (QED) is 0.425. The van der Waals surface area contributed by atoms with Crippen LogP contribution in [0.1, 0.15) is 5.56 Å². The van der Waals surface area contributed by atoms with E-state index in [1.807, 2.05) is 48.2 Å². The molecule has 32 heavy (non-hydrogen) atoms. The first-order chi connectivity index (χ1) is 15.7. The average Bonchev–Trinajstić information content (AvgIpc) is 3.26. The number of methoxy groups -OCH3 is 1. The predicted octanol–water partition coefficient (Wildman–Crippen LogP) is 4.57. The zero-order chi connectivity index (χ0) is 22.2. The van der Waals surface area contributed by atoms with Crippen LogP contribution in [0.25, 0.3) is 0 Å². The van der Waals surface area contributed by atoms with Crippen LogP contribution in [0.4, 0.5) is 16.5 Å². The summed E-state index contributed by atoms with van der Waals surface area (Å²) in [6, 6.07) is 15.7. The minimum atomic E-state index is -0.0565. The number of amides is 1. The van der Waals surface area contributed by atoms with Crippen molar-refractivity contribution in [3.8, 4) is 5.75 Å². The highest BCUT2D eigenvalue weighted by molar-refractivity contribution is 8.01. The molecule has 0 aliphatic carbocycles. The summed E-state index contributed by atoms with van der Waals surface area (Å²) in [5.74, 6) is 3.37. The number of nitrogens with zero attached hydrogens (tertiary/aromatic N) is 3. The highest BCUT2D eigenvalue weighted by Crippen LogP contribution is 2.29. The second-order valence-corrected chi connectivity index (χ2v) is 10.6. The van der Waals surface area contributed by atoms with Gasteiger partial charge in [-0.25, -0.2) is 0 Å². The van der Waals surface area contributed by atoms with Gasteiger partial charge in [-0.1, -0.05) is 41.3 Å². The Kier molecular flexibility index (Phi) is 8.27. The molecule has 7 nitrogen and oxygen atoms in total. The molecular formula is C22H25N5O2S3. The number of carbonyl (C=O) groups excluding carboxylic acids is 1. The highest BCUT2D eigenvalue weighted by Gasteiger charge is 2.12. The van der Waals surface area contributed by atoms with Crippen molar-refractivity contribution >= 4 is 57.3 Å². The smallest absolute Gasteiger partial charge is 0.234 e. The molecule has 0 spiro atoms. The van der Waals surface area contributed by atoms with Gasteiger partial charge in [0.2, 0.25) is 11.0 Å². The van der Waals surface area contributed by atoms with E-state index in [0.717, 1.165) is 41.1 Å². The first-order valence-corrected chi connectivity index (χ1v) is 13.2. The Balaban J connectivity index is 1.26. The van der Waals surface area contributed by atoms with E-state index in [1.165, 1.54) is 40.2 Å². The molecule has 4 rings (SSSR count). The van der Waals surface area contributed by atoms with Crippen molar-refractivity contribution in [3.63, 3.8) is 0 Å². The molecule has 3 aromatic rings. The maximum absolute atomic E-state index is 12.4. The maximum Gasteiger partial charge on any atom is 0.234 e. The number of hydrogen-bond donors (Lipinski definition) is 2. The fourth-order valence-corrected chi connectivity index (χ4v) is 5.78. The van der Waals surface area contributed by atoms with Gasteiger partial charge in [-0.15, -0.1) is 10.2 Å². The summed E-state index contributed by atoms with van der Waals surface area (Å²) < 4.78 is 5.97. The number of aromatic nitrogens is 2. The molecule has 0 bridgehead atoms. The van der Waals surface area contributed by atoms with Crippen LogP contribution >= 0.6 is 34.9 Å². The summed E-state index contributed by atoms with van der Waals surface area (Å²) in [7, 11) is 1.63. The third kappa shape index (κ3) is 6.86. The number of hydrogen-bond acceptors (Lipinski definition) is 9. The van der Waals surface area contributed by atoms with Crippen LogP contribution in [0, 0.1) is 0 Å². The van der Waals surface area contributed by atoms with Crippen LogP contribution in [-0.4, -0.2) is 58.5 Å². The number of ether oxygens (including phenoxy) is 1. The van der Waals surface area contributed by atoms with Gasteiger partial charge in [0.05, 0.1) is 12.9 Å². The zero-order valence-electron chi connectivity index (χ0n) is 17.7. The number of rotatable bonds is 9. The van der Waals surface area contributed by atoms with Crippen molar-refractivity contribution in [2.75, 3.05) is 48.1 Å². The van der Waals surface area contributed by atoms with Gasteiger partial charge in [0, 0.05) is 48.6 Å². The summed E-state index contributed by atoms with van der Waals surface area (Å²) in [5, 5.41) is 15.2. The van der Waals surface area contributed by atoms with Gasteiger partial charge in [-0.2, -0.15) is 11.8 Å². The molecule has 1 aliphatic heterocycles. The molecule has 0 radical (unpaired) electrons. The second kappa shape index (κ2) is 11.6. The van der Waals surface area contributed by atoms with E-state index in [0.29, 0.717) is 5.13 Å². The van der Waals surface area contributed by atoms with E-state index >= 15 is 0 Å². The van der Waals surface area contributed by atoms with E-state index < -0.39 is 0 Å². The van der Waals surface area contributed by atoms with Crippen LogP contribution in [0.2, 0.25) is 0 Å². The van der Waals surface area contributed by atoms with E-state index in [9.17, 15) is 4.79 Å². The second-order valence-electron chi connectivity index (χ2n) is 7.16. The van der Waals surface area contributed by atoms with Crippen molar-refractivity contribution in [1.29, 1.82) is 0 Å². The molecule has 10 heteroatoms. The number of carbonyl (C=O) groups is 1. The number of thioether (sulfide) groups is 2. The molecule has 1 aromatic heterocycles. The Morgan fingerprint density at radius 3 is 2.78 bits per heavy atom. The summed E-state index contributed by atoms with van der Waals surface area (Å²) in [5.41, 5.74) is 2.93. The lowest BCUT2D eigenvalue weighted by molar-refractivity contribution is -0.113. The molecule has 168 valence electrons. The van der Waals surface area contributed by atoms with Crippen molar-refractivity contribution < 1.29 is 9.53 Å². The van der Waals surface area contributed by atoms with Crippen LogP contribution in [0.3, 0.4) is 0 Å². The number of benzene rings is 2. The Labute approximate surface area is 200 Å². The highest BCUT2D eigenvalue weighted by atomic mass is 32.2. The largest absolute Gasteiger partial charge is 0.497 e. The monoisotopic (exact) mass is 487 g/mol. The normalized spacial score (nSPS) is 14.2. The number of anilines is 3. The topological polar surface area (TPSA) is 79.4 Å². The molecular weight excluding hydrogens is 462 g/mol. The van der Waals surface area contributed by atoms with Gasteiger partial charge in [0.15, 0.2) is 4.34 Å². The lowest BCUT2D eigenvalue weighted by atomic mass is 10.2. The summed E-state index contributed by atoms with van der Waals surface area (Å²) in [6.45, 7) is 3.16. The van der Waals surface area contributed by atoms with Crippen molar-refractivity contribution in [2.24, 2.45) is 0 Å². The summed E-state index contributed by atoms with van der Waals surface area (Å²) in [6.07, 6.45) is 0.